The van der Waals surface area contributed by atoms with Crippen molar-refractivity contribution < 1.29 is 13.9 Å². The van der Waals surface area contributed by atoms with Crippen molar-refractivity contribution in [2.75, 3.05) is 7.11 Å². The summed E-state index contributed by atoms with van der Waals surface area (Å²) in [5.41, 5.74) is 3.96. The first-order valence-corrected chi connectivity index (χ1v) is 11.5. The molecule has 1 fully saturated rings. The molecule has 5 rings (SSSR count). The van der Waals surface area contributed by atoms with Crippen molar-refractivity contribution in [3.63, 3.8) is 0 Å². The average molecular weight is 476 g/mol. The molecule has 10 heteroatoms. The van der Waals surface area contributed by atoms with Crippen LogP contribution in [0.15, 0.2) is 47.8 Å². The summed E-state index contributed by atoms with van der Waals surface area (Å²) in [7, 11) is 3.39. The highest BCUT2D eigenvalue weighted by Gasteiger charge is 2.22. The summed E-state index contributed by atoms with van der Waals surface area (Å²) >= 11 is 0. The van der Waals surface area contributed by atoms with E-state index in [1.807, 2.05) is 30.8 Å². The maximum Gasteiger partial charge on any atom is 0.220 e. The van der Waals surface area contributed by atoms with Crippen molar-refractivity contribution in [1.82, 2.24) is 29.6 Å². The van der Waals surface area contributed by atoms with Gasteiger partial charge in [0.05, 0.1) is 25.2 Å². The minimum absolute atomic E-state index is 0.0166. The van der Waals surface area contributed by atoms with Crippen LogP contribution in [0.1, 0.15) is 25.3 Å². The van der Waals surface area contributed by atoms with Gasteiger partial charge >= 0.3 is 0 Å². The third kappa shape index (κ3) is 4.51. The fourth-order valence-electron chi connectivity index (χ4n) is 4.28. The van der Waals surface area contributed by atoms with Gasteiger partial charge in [0.1, 0.15) is 22.4 Å². The molecule has 1 atom stereocenters. The van der Waals surface area contributed by atoms with E-state index in [1.165, 1.54) is 0 Å². The lowest BCUT2D eigenvalue weighted by Gasteiger charge is -2.16. The Balaban J connectivity index is 1.72. The molecule has 0 aliphatic carbocycles. The van der Waals surface area contributed by atoms with Crippen molar-refractivity contribution in [2.24, 2.45) is 12.0 Å². The lowest BCUT2D eigenvalue weighted by atomic mass is 10.1. The Labute approximate surface area is 201 Å². The van der Waals surface area contributed by atoms with Gasteiger partial charge in [-0.2, -0.15) is 5.10 Å². The number of amides is 1. The number of ether oxygens (including phenoxy) is 1. The molecule has 0 bridgehead atoms. The molecule has 1 unspecified atom stereocenters. The normalized spacial score (nSPS) is 16.2. The van der Waals surface area contributed by atoms with E-state index in [0.29, 0.717) is 59.5 Å². The summed E-state index contributed by atoms with van der Waals surface area (Å²) in [6.45, 7) is 2.31. The highest BCUT2D eigenvalue weighted by Crippen LogP contribution is 2.28. The molecule has 1 aliphatic heterocycles. The third-order valence-corrected chi connectivity index (χ3v) is 6.15. The third-order valence-electron chi connectivity index (χ3n) is 6.15. The van der Waals surface area contributed by atoms with Crippen LogP contribution in [-0.4, -0.2) is 43.4 Å². The summed E-state index contributed by atoms with van der Waals surface area (Å²) in [4.78, 5) is 26.0. The quantitative estimate of drug-likeness (QED) is 0.462. The van der Waals surface area contributed by atoms with Crippen LogP contribution >= 0.6 is 0 Å². The molecule has 35 heavy (non-hydrogen) atoms. The average Bonchev–Trinajstić information content (AvgIpc) is 3.49. The number of fused-ring (bicyclic) bond motifs is 1. The number of halogens is 1. The molecule has 1 amide bonds. The van der Waals surface area contributed by atoms with Gasteiger partial charge in [0, 0.05) is 43.9 Å². The number of carbonyl (C=O) groups excluding carboxylic acids is 1. The summed E-state index contributed by atoms with van der Waals surface area (Å²) < 4.78 is 24.2. The Morgan fingerprint density at radius 3 is 2.83 bits per heavy atom. The molecule has 1 aliphatic rings. The van der Waals surface area contributed by atoms with Crippen molar-refractivity contribution >= 4 is 22.8 Å². The fourth-order valence-corrected chi connectivity index (χ4v) is 4.28. The first-order valence-electron chi connectivity index (χ1n) is 11.5. The van der Waals surface area contributed by atoms with Crippen LogP contribution < -0.4 is 15.5 Å². The lowest BCUT2D eigenvalue weighted by molar-refractivity contribution is -0.119. The van der Waals surface area contributed by atoms with Gasteiger partial charge in [-0.1, -0.05) is 6.92 Å². The van der Waals surface area contributed by atoms with Crippen LogP contribution in [0.2, 0.25) is 0 Å². The molecule has 0 radical (unpaired) electrons. The Hall–Kier alpha value is -4.08. The second-order valence-electron chi connectivity index (χ2n) is 8.56. The first kappa shape index (κ1) is 22.7. The smallest absolute Gasteiger partial charge is 0.220 e. The van der Waals surface area contributed by atoms with Crippen LogP contribution in [0.5, 0.6) is 5.75 Å². The van der Waals surface area contributed by atoms with E-state index >= 15 is 4.39 Å². The maximum atomic E-state index is 15.2. The van der Waals surface area contributed by atoms with E-state index in [2.05, 4.69) is 20.4 Å². The predicted octanol–water partition coefficient (Wildman–Crippen LogP) is 3.05. The van der Waals surface area contributed by atoms with Crippen LogP contribution in [0.4, 0.5) is 10.1 Å². The highest BCUT2D eigenvalue weighted by molar-refractivity contribution is 5.78. The predicted molar refractivity (Wildman–Crippen MR) is 128 cm³/mol. The zero-order chi connectivity index (χ0) is 24.5. The monoisotopic (exact) mass is 475 g/mol. The Morgan fingerprint density at radius 1 is 1.29 bits per heavy atom. The van der Waals surface area contributed by atoms with Gasteiger partial charge in [-0.3, -0.25) is 14.5 Å². The number of aromatic nitrogens is 5. The molecule has 180 valence electrons. The van der Waals surface area contributed by atoms with Gasteiger partial charge in [-0.15, -0.1) is 0 Å². The standard InChI is InChI=1S/C25H26FN7O2/c1-4-15-9-18(35-3)10-20(24(15)26)30-22-7-6-19-25(33(22)14-17-5-8-23(34)29-17)31-21(12-27-19)16-11-28-32(2)13-16/h6-7,9-13,17H,4-5,8,14H2,1-3H3,(H,29,34)/b30-22+. The van der Waals surface area contributed by atoms with E-state index in [-0.39, 0.29) is 23.5 Å². The zero-order valence-electron chi connectivity index (χ0n) is 19.8. The van der Waals surface area contributed by atoms with Gasteiger partial charge in [-0.25, -0.2) is 14.4 Å². The van der Waals surface area contributed by atoms with Crippen molar-refractivity contribution in [2.45, 2.75) is 38.8 Å². The molecule has 4 heterocycles. The molecule has 1 aromatic carbocycles. The minimum atomic E-state index is -0.385. The van der Waals surface area contributed by atoms with Crippen LogP contribution in [-0.2, 0) is 24.8 Å². The number of hydrogen-bond acceptors (Lipinski definition) is 6. The summed E-state index contributed by atoms with van der Waals surface area (Å²) in [5, 5.41) is 7.22. The summed E-state index contributed by atoms with van der Waals surface area (Å²) in [6.07, 6.45) is 6.97. The minimum Gasteiger partial charge on any atom is -0.497 e. The molecule has 0 spiro atoms. The number of hydrogen-bond donors (Lipinski definition) is 1. The maximum absolute atomic E-state index is 15.2. The second kappa shape index (κ2) is 9.28. The van der Waals surface area contributed by atoms with Gasteiger partial charge in [-0.05, 0) is 36.6 Å². The summed E-state index contributed by atoms with van der Waals surface area (Å²) in [6, 6.07) is 6.79. The van der Waals surface area contributed by atoms with Crippen molar-refractivity contribution in [1.29, 1.82) is 0 Å². The van der Waals surface area contributed by atoms with E-state index < -0.39 is 0 Å². The Bertz CT molecular complexity index is 1490. The second-order valence-corrected chi connectivity index (χ2v) is 8.56. The number of rotatable bonds is 6. The number of nitrogens with one attached hydrogen (secondary N) is 1. The first-order chi connectivity index (χ1) is 16.9. The highest BCUT2D eigenvalue weighted by atomic mass is 19.1. The molecule has 1 N–H and O–H groups in total. The largest absolute Gasteiger partial charge is 0.497 e. The number of methoxy groups -OCH3 is 1. The fraction of sp³-hybridized carbons (Fsp3) is 0.320. The van der Waals surface area contributed by atoms with Gasteiger partial charge in [0.15, 0.2) is 11.5 Å². The van der Waals surface area contributed by atoms with Crippen LogP contribution in [0, 0.1) is 5.82 Å². The molecule has 3 aromatic heterocycles. The molecule has 0 saturated carbocycles. The lowest BCUT2D eigenvalue weighted by Crippen LogP contribution is -2.34. The van der Waals surface area contributed by atoms with E-state index in [4.69, 9.17) is 9.72 Å². The number of aryl methyl sites for hydroxylation is 2. The number of pyridine rings is 1. The van der Waals surface area contributed by atoms with Crippen LogP contribution in [0.3, 0.4) is 0 Å². The van der Waals surface area contributed by atoms with E-state index in [0.717, 1.165) is 5.56 Å². The topological polar surface area (TPSA) is 99.2 Å². The van der Waals surface area contributed by atoms with E-state index in [1.54, 1.807) is 42.4 Å². The molecule has 1 saturated heterocycles. The van der Waals surface area contributed by atoms with E-state index in [9.17, 15) is 4.79 Å². The number of benzene rings is 1. The van der Waals surface area contributed by atoms with Crippen molar-refractivity contribution in [3.05, 3.63) is 59.7 Å². The SMILES string of the molecule is CCc1cc(OC)cc(/N=c2\ccc3ncc(-c4cnn(C)c4)nc3n2CC2CCC(=O)N2)c1F. The van der Waals surface area contributed by atoms with Gasteiger partial charge < -0.3 is 14.6 Å². The molecular formula is C25H26FN7O2. The molecule has 4 aromatic rings. The molecule has 9 nitrogen and oxygen atoms in total. The van der Waals surface area contributed by atoms with Gasteiger partial charge in [0.25, 0.3) is 0 Å². The van der Waals surface area contributed by atoms with Crippen molar-refractivity contribution in [3.8, 4) is 17.0 Å². The number of carbonyl (C=O) groups is 1. The Morgan fingerprint density at radius 2 is 2.14 bits per heavy atom. The van der Waals surface area contributed by atoms with Gasteiger partial charge in [0.2, 0.25) is 5.91 Å². The Kier molecular flexibility index (Phi) is 6.02. The summed E-state index contributed by atoms with van der Waals surface area (Å²) in [5.74, 6) is 0.170. The zero-order valence-corrected chi connectivity index (χ0v) is 19.8. The van der Waals surface area contributed by atoms with Crippen LogP contribution in [0.25, 0.3) is 22.4 Å². The molecular weight excluding hydrogens is 449 g/mol. The number of nitrogens with zero attached hydrogens (tertiary/aromatic N) is 6.